The normalized spacial score (nSPS) is 35.9. The number of ether oxygens (including phenoxy) is 1. The first kappa shape index (κ1) is 13.8. The van der Waals surface area contributed by atoms with Gasteiger partial charge >= 0.3 is 0 Å². The summed E-state index contributed by atoms with van der Waals surface area (Å²) < 4.78 is 5.45. The van der Waals surface area contributed by atoms with Gasteiger partial charge in [0.2, 0.25) is 5.91 Å². The van der Waals surface area contributed by atoms with Gasteiger partial charge in [0, 0.05) is 13.7 Å². The lowest BCUT2D eigenvalue weighted by Gasteiger charge is -2.30. The Labute approximate surface area is 110 Å². The van der Waals surface area contributed by atoms with Gasteiger partial charge in [0.05, 0.1) is 17.6 Å². The van der Waals surface area contributed by atoms with E-state index in [2.05, 4.69) is 17.6 Å². The molecule has 4 heteroatoms. The zero-order valence-corrected chi connectivity index (χ0v) is 11.6. The van der Waals surface area contributed by atoms with Crippen molar-refractivity contribution in [2.24, 2.45) is 5.41 Å². The number of hydrogen-bond acceptors (Lipinski definition) is 3. The summed E-state index contributed by atoms with van der Waals surface area (Å²) in [7, 11) is 1.74. The number of hydrogen-bond donors (Lipinski definition) is 2. The largest absolute Gasteiger partial charge is 0.379 e. The van der Waals surface area contributed by atoms with Gasteiger partial charge in [-0.3, -0.25) is 4.79 Å². The molecule has 1 saturated carbocycles. The van der Waals surface area contributed by atoms with Crippen molar-refractivity contribution in [3.63, 3.8) is 0 Å². The second-order valence-corrected chi connectivity index (χ2v) is 5.74. The average molecular weight is 254 g/mol. The summed E-state index contributed by atoms with van der Waals surface area (Å²) in [5.74, 6) is 0.239. The quantitative estimate of drug-likeness (QED) is 0.781. The van der Waals surface area contributed by atoms with Crippen LogP contribution in [0.3, 0.4) is 0 Å². The third-order valence-corrected chi connectivity index (χ3v) is 4.53. The maximum Gasteiger partial charge on any atom is 0.227 e. The molecule has 3 atom stereocenters. The molecule has 1 amide bonds. The SMILES string of the molecule is CCCC1(C(=O)NC2CCCC2OC)CCNC1. The van der Waals surface area contributed by atoms with Crippen LogP contribution in [-0.2, 0) is 9.53 Å². The molecule has 2 rings (SSSR count). The van der Waals surface area contributed by atoms with Crippen LogP contribution in [-0.4, -0.2) is 38.3 Å². The predicted octanol–water partition coefficient (Wildman–Crippen LogP) is 1.45. The van der Waals surface area contributed by atoms with Crippen LogP contribution in [0.1, 0.15) is 45.4 Å². The van der Waals surface area contributed by atoms with Crippen molar-refractivity contribution >= 4 is 5.91 Å². The minimum Gasteiger partial charge on any atom is -0.379 e. The molecule has 2 aliphatic rings. The van der Waals surface area contributed by atoms with E-state index in [1.165, 1.54) is 0 Å². The fourth-order valence-electron chi connectivity index (χ4n) is 3.44. The summed E-state index contributed by atoms with van der Waals surface area (Å²) in [6.45, 7) is 3.95. The smallest absolute Gasteiger partial charge is 0.227 e. The molecule has 104 valence electrons. The van der Waals surface area contributed by atoms with Crippen LogP contribution >= 0.6 is 0 Å². The van der Waals surface area contributed by atoms with Crippen LogP contribution in [0.4, 0.5) is 0 Å². The number of rotatable bonds is 5. The monoisotopic (exact) mass is 254 g/mol. The fraction of sp³-hybridized carbons (Fsp3) is 0.929. The Morgan fingerprint density at radius 1 is 1.50 bits per heavy atom. The van der Waals surface area contributed by atoms with Crippen molar-refractivity contribution < 1.29 is 9.53 Å². The van der Waals surface area contributed by atoms with Crippen LogP contribution in [0.25, 0.3) is 0 Å². The molecule has 1 aliphatic heterocycles. The Balaban J connectivity index is 1.97. The number of carbonyl (C=O) groups excluding carboxylic acids is 1. The summed E-state index contributed by atoms with van der Waals surface area (Å²) in [4.78, 5) is 12.6. The molecule has 0 aromatic heterocycles. The van der Waals surface area contributed by atoms with Crippen LogP contribution in [0.15, 0.2) is 0 Å². The van der Waals surface area contributed by atoms with Crippen molar-refractivity contribution in [1.29, 1.82) is 0 Å². The number of methoxy groups -OCH3 is 1. The van der Waals surface area contributed by atoms with Gasteiger partial charge in [-0.1, -0.05) is 13.3 Å². The molecular formula is C14H26N2O2. The summed E-state index contributed by atoms with van der Waals surface area (Å²) in [5, 5.41) is 6.58. The van der Waals surface area contributed by atoms with Gasteiger partial charge in [0.1, 0.15) is 0 Å². The molecule has 4 nitrogen and oxygen atoms in total. The van der Waals surface area contributed by atoms with Gasteiger partial charge in [-0.05, 0) is 38.6 Å². The first-order chi connectivity index (χ1) is 8.72. The van der Waals surface area contributed by atoms with Crippen molar-refractivity contribution in [3.05, 3.63) is 0 Å². The summed E-state index contributed by atoms with van der Waals surface area (Å²) in [5.41, 5.74) is -0.171. The Kier molecular flexibility index (Phi) is 4.62. The van der Waals surface area contributed by atoms with Crippen molar-refractivity contribution in [2.75, 3.05) is 20.2 Å². The molecule has 3 unspecified atom stereocenters. The van der Waals surface area contributed by atoms with Gasteiger partial charge in [-0.25, -0.2) is 0 Å². The van der Waals surface area contributed by atoms with Gasteiger partial charge in [0.25, 0.3) is 0 Å². The zero-order chi connectivity index (χ0) is 13.0. The van der Waals surface area contributed by atoms with E-state index in [-0.39, 0.29) is 23.5 Å². The van der Waals surface area contributed by atoms with E-state index >= 15 is 0 Å². The highest BCUT2D eigenvalue weighted by molar-refractivity contribution is 5.83. The van der Waals surface area contributed by atoms with Gasteiger partial charge in [-0.15, -0.1) is 0 Å². The molecule has 0 radical (unpaired) electrons. The summed E-state index contributed by atoms with van der Waals surface area (Å²) in [6.07, 6.45) is 6.51. The molecule has 0 bridgehead atoms. The van der Waals surface area contributed by atoms with Crippen LogP contribution in [0.2, 0.25) is 0 Å². The van der Waals surface area contributed by atoms with E-state index in [1.54, 1.807) is 7.11 Å². The van der Waals surface area contributed by atoms with E-state index in [1.807, 2.05) is 0 Å². The molecule has 0 aromatic rings. The minimum atomic E-state index is -0.171. The van der Waals surface area contributed by atoms with E-state index in [0.717, 1.165) is 51.6 Å². The molecule has 2 N–H and O–H groups in total. The fourth-order valence-corrected chi connectivity index (χ4v) is 3.44. The van der Waals surface area contributed by atoms with Gasteiger partial charge < -0.3 is 15.4 Å². The lowest BCUT2D eigenvalue weighted by molar-refractivity contribution is -0.132. The van der Waals surface area contributed by atoms with E-state index in [0.29, 0.717) is 0 Å². The highest BCUT2D eigenvalue weighted by Crippen LogP contribution is 2.32. The standard InChI is InChI=1S/C14H26N2O2/c1-3-7-14(8-9-15-10-14)13(17)16-11-5-4-6-12(11)18-2/h11-12,15H,3-10H2,1-2H3,(H,16,17). The lowest BCUT2D eigenvalue weighted by Crippen LogP contribution is -2.49. The molecule has 1 saturated heterocycles. The Bertz CT molecular complexity index is 288. The van der Waals surface area contributed by atoms with Crippen molar-refractivity contribution in [1.82, 2.24) is 10.6 Å². The number of amides is 1. The molecule has 2 fully saturated rings. The highest BCUT2D eigenvalue weighted by Gasteiger charge is 2.42. The van der Waals surface area contributed by atoms with E-state index in [9.17, 15) is 4.79 Å². The maximum atomic E-state index is 12.6. The molecule has 1 heterocycles. The third-order valence-electron chi connectivity index (χ3n) is 4.53. The van der Waals surface area contributed by atoms with Crippen LogP contribution in [0.5, 0.6) is 0 Å². The highest BCUT2D eigenvalue weighted by atomic mass is 16.5. The first-order valence-corrected chi connectivity index (χ1v) is 7.26. The Hall–Kier alpha value is -0.610. The maximum absolute atomic E-state index is 12.6. The lowest BCUT2D eigenvalue weighted by atomic mass is 9.81. The second-order valence-electron chi connectivity index (χ2n) is 5.74. The molecule has 0 spiro atoms. The Morgan fingerprint density at radius 2 is 2.33 bits per heavy atom. The average Bonchev–Trinajstić information content (AvgIpc) is 2.99. The van der Waals surface area contributed by atoms with Gasteiger partial charge in [-0.2, -0.15) is 0 Å². The first-order valence-electron chi connectivity index (χ1n) is 7.26. The summed E-state index contributed by atoms with van der Waals surface area (Å²) in [6, 6.07) is 0.219. The predicted molar refractivity (Wildman–Crippen MR) is 71.4 cm³/mol. The van der Waals surface area contributed by atoms with E-state index in [4.69, 9.17) is 4.74 Å². The Morgan fingerprint density at radius 3 is 2.94 bits per heavy atom. The number of carbonyl (C=O) groups is 1. The van der Waals surface area contributed by atoms with Crippen LogP contribution < -0.4 is 10.6 Å². The van der Waals surface area contributed by atoms with Crippen molar-refractivity contribution in [2.45, 2.75) is 57.6 Å². The van der Waals surface area contributed by atoms with Gasteiger partial charge in [0.15, 0.2) is 0 Å². The topological polar surface area (TPSA) is 50.4 Å². The van der Waals surface area contributed by atoms with Crippen molar-refractivity contribution in [3.8, 4) is 0 Å². The zero-order valence-electron chi connectivity index (χ0n) is 11.6. The van der Waals surface area contributed by atoms with Crippen LogP contribution in [0, 0.1) is 5.41 Å². The second kappa shape index (κ2) is 6.02. The minimum absolute atomic E-state index is 0.171. The van der Waals surface area contributed by atoms with E-state index < -0.39 is 0 Å². The number of nitrogens with one attached hydrogen (secondary N) is 2. The molecule has 1 aliphatic carbocycles. The molecule has 18 heavy (non-hydrogen) atoms. The third kappa shape index (κ3) is 2.69. The summed E-state index contributed by atoms with van der Waals surface area (Å²) >= 11 is 0. The molecule has 0 aromatic carbocycles. The molecular weight excluding hydrogens is 228 g/mol.